The molecule has 6 nitrogen and oxygen atoms in total. The van der Waals surface area contributed by atoms with Crippen molar-refractivity contribution >= 4 is 34.2 Å². The Labute approximate surface area is 143 Å². The molecule has 2 N–H and O–H groups in total. The highest BCUT2D eigenvalue weighted by molar-refractivity contribution is 6.03. The van der Waals surface area contributed by atoms with E-state index in [1.54, 1.807) is 36.4 Å². The summed E-state index contributed by atoms with van der Waals surface area (Å²) in [5.74, 6) is -0.760. The first kappa shape index (κ1) is 16.4. The van der Waals surface area contributed by atoms with Gasteiger partial charge >= 0.3 is 0 Å². The fraction of sp³-hybridized carbons (Fsp3) is 0.105. The summed E-state index contributed by atoms with van der Waals surface area (Å²) in [5, 5.41) is 5.74. The van der Waals surface area contributed by atoms with Crippen molar-refractivity contribution in [2.45, 2.75) is 13.8 Å². The lowest BCUT2D eigenvalue weighted by molar-refractivity contribution is -0.114. The summed E-state index contributed by atoms with van der Waals surface area (Å²) in [6.45, 7) is 3.29. The minimum Gasteiger partial charge on any atom is -0.451 e. The zero-order valence-electron chi connectivity index (χ0n) is 13.8. The van der Waals surface area contributed by atoms with E-state index in [9.17, 15) is 14.4 Å². The molecule has 0 spiro atoms. The maximum Gasteiger partial charge on any atom is 0.291 e. The van der Waals surface area contributed by atoms with Crippen molar-refractivity contribution in [3.8, 4) is 0 Å². The third-order valence-corrected chi connectivity index (χ3v) is 3.57. The molecule has 2 aromatic carbocycles. The second-order valence-electron chi connectivity index (χ2n) is 5.69. The van der Waals surface area contributed by atoms with Gasteiger partial charge in [-0.3, -0.25) is 14.4 Å². The van der Waals surface area contributed by atoms with Gasteiger partial charge < -0.3 is 15.1 Å². The molecule has 0 atom stereocenters. The fourth-order valence-corrected chi connectivity index (χ4v) is 2.41. The molecular weight excluding hydrogens is 320 g/mol. The number of benzene rings is 2. The topological polar surface area (TPSA) is 88.4 Å². The highest BCUT2D eigenvalue weighted by atomic mass is 16.3. The highest BCUT2D eigenvalue weighted by Crippen LogP contribution is 2.17. The molecule has 0 aliphatic heterocycles. The number of amides is 2. The molecule has 3 rings (SSSR count). The van der Waals surface area contributed by atoms with Crippen LogP contribution < -0.4 is 16.1 Å². The van der Waals surface area contributed by atoms with Gasteiger partial charge in [0.1, 0.15) is 5.58 Å². The lowest BCUT2D eigenvalue weighted by Gasteiger charge is -2.07. The average Bonchev–Trinajstić information content (AvgIpc) is 2.56. The Morgan fingerprint density at radius 1 is 0.920 bits per heavy atom. The van der Waals surface area contributed by atoms with Gasteiger partial charge in [0.05, 0.1) is 5.39 Å². The molecule has 3 aromatic rings. The van der Waals surface area contributed by atoms with E-state index in [4.69, 9.17) is 4.42 Å². The van der Waals surface area contributed by atoms with Gasteiger partial charge in [0.2, 0.25) is 5.91 Å². The van der Waals surface area contributed by atoms with Crippen molar-refractivity contribution in [1.29, 1.82) is 0 Å². The predicted molar refractivity (Wildman–Crippen MR) is 95.9 cm³/mol. The molecule has 0 radical (unpaired) electrons. The molecule has 0 bridgehead atoms. The Bertz CT molecular complexity index is 1020. The van der Waals surface area contributed by atoms with Crippen LogP contribution in [0, 0.1) is 6.92 Å². The smallest absolute Gasteiger partial charge is 0.291 e. The SMILES string of the molecule is CC(=O)Nc1ccc(NC(=O)c2cc(=O)c3cc(C)ccc3o2)cc1. The van der Waals surface area contributed by atoms with Crippen molar-refractivity contribution in [3.63, 3.8) is 0 Å². The number of aryl methyl sites for hydroxylation is 1. The lowest BCUT2D eigenvalue weighted by atomic mass is 10.1. The van der Waals surface area contributed by atoms with Crippen LogP contribution in [0.1, 0.15) is 23.0 Å². The molecule has 2 amide bonds. The van der Waals surface area contributed by atoms with E-state index in [0.717, 1.165) is 5.56 Å². The average molecular weight is 336 g/mol. The summed E-state index contributed by atoms with van der Waals surface area (Å²) in [5.41, 5.74) is 2.18. The Balaban J connectivity index is 1.83. The molecule has 126 valence electrons. The Morgan fingerprint density at radius 3 is 2.20 bits per heavy atom. The van der Waals surface area contributed by atoms with E-state index in [1.807, 2.05) is 13.0 Å². The zero-order chi connectivity index (χ0) is 18.0. The fourth-order valence-electron chi connectivity index (χ4n) is 2.41. The molecule has 0 aliphatic carbocycles. The maximum atomic E-state index is 12.3. The minimum atomic E-state index is -0.521. The predicted octanol–water partition coefficient (Wildman–Crippen LogP) is 3.31. The van der Waals surface area contributed by atoms with Crippen molar-refractivity contribution in [2.24, 2.45) is 0 Å². The van der Waals surface area contributed by atoms with Crippen LogP contribution in [0.5, 0.6) is 0 Å². The normalized spacial score (nSPS) is 10.5. The molecule has 0 unspecified atom stereocenters. The second kappa shape index (κ2) is 6.60. The van der Waals surface area contributed by atoms with Crippen LogP contribution >= 0.6 is 0 Å². The van der Waals surface area contributed by atoms with Crippen molar-refractivity contribution in [3.05, 3.63) is 70.1 Å². The molecule has 0 saturated heterocycles. The standard InChI is InChI=1S/C19H16N2O4/c1-11-3-8-17-15(9-11)16(23)10-18(25-17)19(24)21-14-6-4-13(5-7-14)20-12(2)22/h3-10H,1-2H3,(H,20,22)(H,21,24). The summed E-state index contributed by atoms with van der Waals surface area (Å²) in [4.78, 5) is 35.5. The number of anilines is 2. The van der Waals surface area contributed by atoms with Gasteiger partial charge in [0, 0.05) is 24.4 Å². The van der Waals surface area contributed by atoms with Crippen LogP contribution in [-0.4, -0.2) is 11.8 Å². The third-order valence-electron chi connectivity index (χ3n) is 3.57. The third kappa shape index (κ3) is 3.74. The summed E-state index contributed by atoms with van der Waals surface area (Å²) in [6.07, 6.45) is 0. The van der Waals surface area contributed by atoms with Gasteiger partial charge in [-0.05, 0) is 43.3 Å². The Hall–Kier alpha value is -3.41. The van der Waals surface area contributed by atoms with E-state index in [0.29, 0.717) is 22.3 Å². The number of carbonyl (C=O) groups is 2. The summed E-state index contributed by atoms with van der Waals surface area (Å²) in [7, 11) is 0. The van der Waals surface area contributed by atoms with Crippen LogP contribution in [0.25, 0.3) is 11.0 Å². The second-order valence-corrected chi connectivity index (χ2v) is 5.69. The number of carbonyl (C=O) groups excluding carboxylic acids is 2. The highest BCUT2D eigenvalue weighted by Gasteiger charge is 2.13. The van der Waals surface area contributed by atoms with Gasteiger partial charge in [0.15, 0.2) is 11.2 Å². The van der Waals surface area contributed by atoms with Crippen LogP contribution in [0.15, 0.2) is 57.7 Å². The van der Waals surface area contributed by atoms with E-state index in [2.05, 4.69) is 10.6 Å². The number of hydrogen-bond donors (Lipinski definition) is 2. The van der Waals surface area contributed by atoms with Gasteiger partial charge in [-0.1, -0.05) is 11.6 Å². The lowest BCUT2D eigenvalue weighted by Crippen LogP contribution is -2.15. The molecule has 1 heterocycles. The minimum absolute atomic E-state index is 0.0627. The summed E-state index contributed by atoms with van der Waals surface area (Å²) >= 11 is 0. The number of fused-ring (bicyclic) bond motifs is 1. The number of rotatable bonds is 3. The van der Waals surface area contributed by atoms with E-state index >= 15 is 0 Å². The zero-order valence-corrected chi connectivity index (χ0v) is 13.8. The van der Waals surface area contributed by atoms with Crippen LogP contribution in [0.4, 0.5) is 11.4 Å². The van der Waals surface area contributed by atoms with E-state index in [-0.39, 0.29) is 17.1 Å². The van der Waals surface area contributed by atoms with Gasteiger partial charge in [-0.15, -0.1) is 0 Å². The molecule has 6 heteroatoms. The first-order valence-electron chi connectivity index (χ1n) is 7.66. The van der Waals surface area contributed by atoms with Crippen LogP contribution in [-0.2, 0) is 4.79 Å². The molecular formula is C19H16N2O4. The first-order valence-corrected chi connectivity index (χ1v) is 7.66. The van der Waals surface area contributed by atoms with Crippen LogP contribution in [0.3, 0.4) is 0 Å². The molecule has 0 fully saturated rings. The largest absolute Gasteiger partial charge is 0.451 e. The maximum absolute atomic E-state index is 12.3. The summed E-state index contributed by atoms with van der Waals surface area (Å²) in [6, 6.07) is 13.0. The van der Waals surface area contributed by atoms with E-state index < -0.39 is 5.91 Å². The van der Waals surface area contributed by atoms with Gasteiger partial charge in [0.25, 0.3) is 5.91 Å². The van der Waals surface area contributed by atoms with E-state index in [1.165, 1.54) is 13.0 Å². The van der Waals surface area contributed by atoms with Crippen LogP contribution in [0.2, 0.25) is 0 Å². The number of nitrogens with one attached hydrogen (secondary N) is 2. The van der Waals surface area contributed by atoms with Gasteiger partial charge in [-0.2, -0.15) is 0 Å². The summed E-state index contributed by atoms with van der Waals surface area (Å²) < 4.78 is 5.54. The van der Waals surface area contributed by atoms with Crippen molar-refractivity contribution in [2.75, 3.05) is 10.6 Å². The molecule has 0 aliphatic rings. The molecule has 25 heavy (non-hydrogen) atoms. The number of hydrogen-bond acceptors (Lipinski definition) is 4. The van der Waals surface area contributed by atoms with Crippen molar-refractivity contribution < 1.29 is 14.0 Å². The first-order chi connectivity index (χ1) is 11.9. The van der Waals surface area contributed by atoms with Gasteiger partial charge in [-0.25, -0.2) is 0 Å². The molecule has 1 aromatic heterocycles. The molecule has 0 saturated carbocycles. The quantitative estimate of drug-likeness (QED) is 0.768. The monoisotopic (exact) mass is 336 g/mol. The Kier molecular flexibility index (Phi) is 4.35. The van der Waals surface area contributed by atoms with Crippen molar-refractivity contribution in [1.82, 2.24) is 0 Å². The Morgan fingerprint density at radius 2 is 1.56 bits per heavy atom.